The average molecular weight is 539 g/mol. The maximum absolute atomic E-state index is 6.62. The van der Waals surface area contributed by atoms with Crippen LogP contribution in [0.5, 0.6) is 11.5 Å². The van der Waals surface area contributed by atoms with E-state index in [1.54, 1.807) is 0 Å². The zero-order valence-corrected chi connectivity index (χ0v) is 24.9. The van der Waals surface area contributed by atoms with Crippen LogP contribution in [0.2, 0.25) is 0 Å². The van der Waals surface area contributed by atoms with Crippen LogP contribution in [-0.2, 0) is 7.05 Å². The molecule has 0 saturated carbocycles. The first-order valence-electron chi connectivity index (χ1n) is 14.6. The molecular formula is C38H38N2O. The molecule has 206 valence electrons. The Balaban J connectivity index is 1.58. The number of para-hydroxylation sites is 3. The number of aryl methyl sites for hydroxylation is 4. The average Bonchev–Trinajstić information content (AvgIpc) is 3.24. The second kappa shape index (κ2) is 10.8. The third kappa shape index (κ3) is 4.76. The summed E-state index contributed by atoms with van der Waals surface area (Å²) < 4.78 is 8.93. The number of fused-ring (bicyclic) bond motifs is 3. The van der Waals surface area contributed by atoms with Crippen LogP contribution in [0, 0.1) is 20.8 Å². The molecular weight excluding hydrogens is 500 g/mol. The lowest BCUT2D eigenvalue weighted by Crippen LogP contribution is -2.12. The van der Waals surface area contributed by atoms with Gasteiger partial charge in [0.25, 0.3) is 0 Å². The van der Waals surface area contributed by atoms with Crippen molar-refractivity contribution < 1.29 is 4.74 Å². The van der Waals surface area contributed by atoms with E-state index < -0.39 is 0 Å². The zero-order valence-electron chi connectivity index (χ0n) is 24.9. The van der Waals surface area contributed by atoms with E-state index in [1.807, 2.05) is 6.07 Å². The molecule has 0 fully saturated rings. The van der Waals surface area contributed by atoms with E-state index in [0.717, 1.165) is 29.2 Å². The van der Waals surface area contributed by atoms with Crippen molar-refractivity contribution in [1.29, 1.82) is 0 Å². The lowest BCUT2D eigenvalue weighted by Gasteiger charge is -2.28. The van der Waals surface area contributed by atoms with Crippen LogP contribution in [0.15, 0.2) is 103 Å². The molecule has 0 bridgehead atoms. The molecule has 0 aliphatic heterocycles. The minimum atomic E-state index is 0.378. The van der Waals surface area contributed by atoms with Crippen molar-refractivity contribution in [3.8, 4) is 11.5 Å². The Morgan fingerprint density at radius 3 is 2.00 bits per heavy atom. The van der Waals surface area contributed by atoms with Gasteiger partial charge in [-0.15, -0.1) is 0 Å². The molecule has 1 atom stereocenters. The summed E-state index contributed by atoms with van der Waals surface area (Å²) in [7, 11) is 2.17. The summed E-state index contributed by atoms with van der Waals surface area (Å²) in [5.74, 6) is 2.23. The van der Waals surface area contributed by atoms with Crippen LogP contribution in [0.25, 0.3) is 21.8 Å². The molecule has 0 saturated heterocycles. The van der Waals surface area contributed by atoms with Crippen LogP contribution in [0.1, 0.15) is 48.4 Å². The number of rotatable bonds is 7. The third-order valence-corrected chi connectivity index (χ3v) is 8.52. The summed E-state index contributed by atoms with van der Waals surface area (Å²) >= 11 is 0. The second-order valence-electron chi connectivity index (χ2n) is 11.3. The van der Waals surface area contributed by atoms with E-state index in [-0.39, 0.29) is 0 Å². The lowest BCUT2D eigenvalue weighted by atomic mass is 9.95. The summed E-state index contributed by atoms with van der Waals surface area (Å²) in [4.78, 5) is 2.39. The van der Waals surface area contributed by atoms with Gasteiger partial charge in [0.15, 0.2) is 0 Å². The molecule has 0 radical (unpaired) electrons. The van der Waals surface area contributed by atoms with Crippen molar-refractivity contribution in [3.05, 3.63) is 125 Å². The fourth-order valence-corrected chi connectivity index (χ4v) is 5.91. The first-order chi connectivity index (χ1) is 19.9. The van der Waals surface area contributed by atoms with Gasteiger partial charge in [-0.2, -0.15) is 0 Å². The SMILES string of the molecule is CCC(C)c1cc2c3cc(C)c(N(c4ccccc4)c4ccccc4C)cc3n(C)c2cc1Oc1ccccc1C. The van der Waals surface area contributed by atoms with Crippen molar-refractivity contribution in [1.82, 2.24) is 4.57 Å². The van der Waals surface area contributed by atoms with E-state index in [9.17, 15) is 0 Å². The fraction of sp³-hybridized carbons (Fsp3) is 0.211. The monoisotopic (exact) mass is 538 g/mol. The van der Waals surface area contributed by atoms with Gasteiger partial charge < -0.3 is 14.2 Å². The van der Waals surface area contributed by atoms with Crippen molar-refractivity contribution in [2.75, 3.05) is 4.90 Å². The largest absolute Gasteiger partial charge is 0.457 e. The summed E-state index contributed by atoms with van der Waals surface area (Å²) in [6.45, 7) is 11.1. The molecule has 6 aromatic rings. The van der Waals surface area contributed by atoms with Gasteiger partial charge in [0.1, 0.15) is 11.5 Å². The van der Waals surface area contributed by atoms with E-state index in [2.05, 4.69) is 148 Å². The van der Waals surface area contributed by atoms with Crippen LogP contribution in [0.3, 0.4) is 0 Å². The normalized spacial score (nSPS) is 12.1. The van der Waals surface area contributed by atoms with Crippen molar-refractivity contribution in [3.63, 3.8) is 0 Å². The first kappa shape index (κ1) is 26.7. The van der Waals surface area contributed by atoms with Crippen molar-refractivity contribution in [2.45, 2.75) is 47.0 Å². The Hall–Kier alpha value is -4.50. The van der Waals surface area contributed by atoms with Gasteiger partial charge in [-0.05, 0) is 97.8 Å². The summed E-state index contributed by atoms with van der Waals surface area (Å²) in [5, 5.41) is 2.54. The number of ether oxygens (including phenoxy) is 1. The third-order valence-electron chi connectivity index (χ3n) is 8.52. The van der Waals surface area contributed by atoms with E-state index in [4.69, 9.17) is 4.74 Å². The highest BCUT2D eigenvalue weighted by Gasteiger charge is 2.21. The minimum Gasteiger partial charge on any atom is -0.457 e. The molecule has 1 heterocycles. The Morgan fingerprint density at radius 1 is 0.659 bits per heavy atom. The molecule has 0 aliphatic carbocycles. The van der Waals surface area contributed by atoms with Crippen LogP contribution < -0.4 is 9.64 Å². The van der Waals surface area contributed by atoms with Gasteiger partial charge in [-0.3, -0.25) is 0 Å². The van der Waals surface area contributed by atoms with Gasteiger partial charge in [0.2, 0.25) is 0 Å². The highest BCUT2D eigenvalue weighted by molar-refractivity contribution is 6.10. The van der Waals surface area contributed by atoms with E-state index >= 15 is 0 Å². The lowest BCUT2D eigenvalue weighted by molar-refractivity contribution is 0.467. The Morgan fingerprint density at radius 2 is 1.29 bits per heavy atom. The maximum atomic E-state index is 6.62. The van der Waals surface area contributed by atoms with Crippen LogP contribution >= 0.6 is 0 Å². The van der Waals surface area contributed by atoms with Gasteiger partial charge in [0.05, 0.1) is 16.7 Å². The Kier molecular flexibility index (Phi) is 7.05. The van der Waals surface area contributed by atoms with Crippen molar-refractivity contribution >= 4 is 38.9 Å². The van der Waals surface area contributed by atoms with E-state index in [1.165, 1.54) is 49.9 Å². The topological polar surface area (TPSA) is 17.4 Å². The van der Waals surface area contributed by atoms with Gasteiger partial charge in [-0.1, -0.05) is 68.4 Å². The highest BCUT2D eigenvalue weighted by atomic mass is 16.5. The minimum absolute atomic E-state index is 0.378. The molecule has 6 rings (SSSR count). The molecule has 0 spiro atoms. The summed E-state index contributed by atoms with van der Waals surface area (Å²) in [5.41, 5.74) is 10.8. The molecule has 0 N–H and O–H groups in total. The number of anilines is 3. The second-order valence-corrected chi connectivity index (χ2v) is 11.3. The predicted molar refractivity (Wildman–Crippen MR) is 175 cm³/mol. The Bertz CT molecular complexity index is 1870. The molecule has 5 aromatic carbocycles. The molecule has 1 aromatic heterocycles. The summed E-state index contributed by atoms with van der Waals surface area (Å²) in [6, 6.07) is 36.9. The van der Waals surface area contributed by atoms with Gasteiger partial charge >= 0.3 is 0 Å². The number of benzene rings is 5. The van der Waals surface area contributed by atoms with Crippen LogP contribution in [0.4, 0.5) is 17.1 Å². The quantitative estimate of drug-likeness (QED) is 0.201. The maximum Gasteiger partial charge on any atom is 0.133 e. The first-order valence-corrected chi connectivity index (χ1v) is 14.6. The standard InChI is InChI=1S/C38H38N2O/c1-7-25(2)30-22-32-31-21-28(5)34(40(29-17-9-8-10-18-29)33-19-13-11-15-26(33)3)23-35(31)39(6)36(32)24-38(30)41-37-20-14-12-16-27(37)4/h8-25H,7H2,1-6H3. The van der Waals surface area contributed by atoms with Gasteiger partial charge in [0, 0.05) is 35.3 Å². The van der Waals surface area contributed by atoms with Gasteiger partial charge in [-0.25, -0.2) is 0 Å². The molecule has 41 heavy (non-hydrogen) atoms. The van der Waals surface area contributed by atoms with Crippen molar-refractivity contribution in [2.24, 2.45) is 7.05 Å². The fourth-order valence-electron chi connectivity index (χ4n) is 5.91. The smallest absolute Gasteiger partial charge is 0.133 e. The predicted octanol–water partition coefficient (Wildman–Crippen LogP) is 11.0. The number of hydrogen-bond acceptors (Lipinski definition) is 2. The molecule has 1 unspecified atom stereocenters. The number of aromatic nitrogens is 1. The summed E-state index contributed by atoms with van der Waals surface area (Å²) in [6.07, 6.45) is 1.05. The highest BCUT2D eigenvalue weighted by Crippen LogP contribution is 2.44. The molecule has 3 nitrogen and oxygen atoms in total. The number of nitrogens with zero attached hydrogens (tertiary/aromatic N) is 2. The molecule has 0 aliphatic rings. The van der Waals surface area contributed by atoms with Crippen LogP contribution in [-0.4, -0.2) is 4.57 Å². The Labute approximate surface area is 243 Å². The zero-order chi connectivity index (χ0) is 28.7. The van der Waals surface area contributed by atoms with E-state index in [0.29, 0.717) is 5.92 Å². The molecule has 3 heteroatoms. The number of hydrogen-bond donors (Lipinski definition) is 0. The molecule has 0 amide bonds.